The predicted octanol–water partition coefficient (Wildman–Crippen LogP) is 2.88. The van der Waals surface area contributed by atoms with E-state index >= 15 is 0 Å². The molecule has 1 aliphatic rings. The van der Waals surface area contributed by atoms with Gasteiger partial charge >= 0.3 is 6.18 Å². The van der Waals surface area contributed by atoms with E-state index in [0.29, 0.717) is 13.0 Å². The van der Waals surface area contributed by atoms with Crippen molar-refractivity contribution < 1.29 is 17.9 Å². The Morgan fingerprint density at radius 2 is 1.94 bits per heavy atom. The molecule has 2 atom stereocenters. The van der Waals surface area contributed by atoms with Gasteiger partial charge in [0.15, 0.2) is 0 Å². The molecule has 0 aromatic rings. The zero-order chi connectivity index (χ0) is 12.4. The molecule has 0 saturated carbocycles. The molecule has 1 N–H and O–H groups in total. The molecule has 1 aliphatic heterocycles. The maximum absolute atomic E-state index is 13.1. The highest BCUT2D eigenvalue weighted by Crippen LogP contribution is 2.44. The van der Waals surface area contributed by atoms with Crippen molar-refractivity contribution in [2.24, 2.45) is 0 Å². The van der Waals surface area contributed by atoms with Crippen LogP contribution in [0.5, 0.6) is 0 Å². The molecule has 0 aromatic heterocycles. The summed E-state index contributed by atoms with van der Waals surface area (Å²) >= 11 is 0. The molecule has 1 fully saturated rings. The highest BCUT2D eigenvalue weighted by molar-refractivity contribution is 5.02. The van der Waals surface area contributed by atoms with E-state index in [4.69, 9.17) is 4.74 Å². The number of halogens is 3. The van der Waals surface area contributed by atoms with Crippen LogP contribution in [0.3, 0.4) is 0 Å². The van der Waals surface area contributed by atoms with Crippen LogP contribution in [0.1, 0.15) is 40.0 Å². The molecule has 0 radical (unpaired) electrons. The zero-order valence-electron chi connectivity index (χ0n) is 10.1. The average molecular weight is 239 g/mol. The first-order valence-corrected chi connectivity index (χ1v) is 5.74. The van der Waals surface area contributed by atoms with E-state index < -0.39 is 17.3 Å². The molecule has 0 bridgehead atoms. The molecule has 0 aromatic carbocycles. The SMILES string of the molecule is CCNC1(C(F)(F)F)CCOC(C)(CC)C1. The number of hydrogen-bond donors (Lipinski definition) is 1. The van der Waals surface area contributed by atoms with Gasteiger partial charge in [0.05, 0.1) is 5.60 Å². The van der Waals surface area contributed by atoms with Gasteiger partial charge in [-0.05, 0) is 26.3 Å². The first-order chi connectivity index (χ1) is 7.29. The molecule has 0 spiro atoms. The van der Waals surface area contributed by atoms with E-state index in [1.54, 1.807) is 13.8 Å². The van der Waals surface area contributed by atoms with E-state index in [-0.39, 0.29) is 19.4 Å². The molecule has 1 heterocycles. The average Bonchev–Trinajstić information content (AvgIpc) is 2.17. The summed E-state index contributed by atoms with van der Waals surface area (Å²) in [5.41, 5.74) is -2.44. The van der Waals surface area contributed by atoms with Gasteiger partial charge < -0.3 is 10.1 Å². The fraction of sp³-hybridized carbons (Fsp3) is 1.00. The Balaban J connectivity index is 2.93. The van der Waals surface area contributed by atoms with Crippen LogP contribution >= 0.6 is 0 Å². The summed E-state index contributed by atoms with van der Waals surface area (Å²) < 4.78 is 44.9. The lowest BCUT2D eigenvalue weighted by Crippen LogP contribution is -2.63. The summed E-state index contributed by atoms with van der Waals surface area (Å²) in [7, 11) is 0. The summed E-state index contributed by atoms with van der Waals surface area (Å²) in [5, 5.41) is 2.62. The Kier molecular flexibility index (Phi) is 3.90. The second-order valence-electron chi connectivity index (χ2n) is 4.69. The van der Waals surface area contributed by atoms with Gasteiger partial charge in [-0.2, -0.15) is 13.2 Å². The van der Waals surface area contributed by atoms with Crippen LogP contribution in [0.2, 0.25) is 0 Å². The smallest absolute Gasteiger partial charge is 0.375 e. The number of nitrogens with one attached hydrogen (secondary N) is 1. The van der Waals surface area contributed by atoms with Gasteiger partial charge in [-0.15, -0.1) is 0 Å². The first-order valence-electron chi connectivity index (χ1n) is 5.74. The maximum atomic E-state index is 13.1. The molecule has 16 heavy (non-hydrogen) atoms. The van der Waals surface area contributed by atoms with Gasteiger partial charge in [-0.3, -0.25) is 0 Å². The third-order valence-electron chi connectivity index (χ3n) is 3.46. The van der Waals surface area contributed by atoms with Gasteiger partial charge in [-0.1, -0.05) is 13.8 Å². The number of ether oxygens (including phenoxy) is 1. The van der Waals surface area contributed by atoms with E-state index in [2.05, 4.69) is 5.32 Å². The van der Waals surface area contributed by atoms with Crippen LogP contribution in [0, 0.1) is 0 Å². The van der Waals surface area contributed by atoms with Crippen LogP contribution in [-0.2, 0) is 4.74 Å². The molecule has 5 heteroatoms. The topological polar surface area (TPSA) is 21.3 Å². The van der Waals surface area contributed by atoms with Crippen molar-refractivity contribution >= 4 is 0 Å². The summed E-state index contributed by atoms with van der Waals surface area (Å²) in [6.07, 6.45) is -3.63. The van der Waals surface area contributed by atoms with Crippen molar-refractivity contribution in [1.82, 2.24) is 5.32 Å². The number of alkyl halides is 3. The minimum Gasteiger partial charge on any atom is -0.375 e. The summed E-state index contributed by atoms with van der Waals surface area (Å²) in [6, 6.07) is 0. The minimum atomic E-state index is -4.22. The van der Waals surface area contributed by atoms with Gasteiger partial charge in [0.25, 0.3) is 0 Å². The standard InChI is InChI=1S/C11H20F3NO/c1-4-9(3)8-10(15-5-2,6-7-16-9)11(12,13)14/h15H,4-8H2,1-3H3. The van der Waals surface area contributed by atoms with E-state index in [0.717, 1.165) is 0 Å². The van der Waals surface area contributed by atoms with Crippen molar-refractivity contribution in [1.29, 1.82) is 0 Å². The molecular formula is C11H20F3NO. The molecule has 1 rings (SSSR count). The second kappa shape index (κ2) is 4.53. The third-order valence-corrected chi connectivity index (χ3v) is 3.46. The van der Waals surface area contributed by atoms with Crippen molar-refractivity contribution in [3.8, 4) is 0 Å². The Bertz CT molecular complexity index is 240. The Hall–Kier alpha value is -0.290. The molecule has 2 unspecified atom stereocenters. The molecule has 96 valence electrons. The van der Waals surface area contributed by atoms with Crippen molar-refractivity contribution in [3.63, 3.8) is 0 Å². The summed E-state index contributed by atoms with van der Waals surface area (Å²) in [6.45, 7) is 5.80. The predicted molar refractivity (Wildman–Crippen MR) is 56.3 cm³/mol. The molecular weight excluding hydrogens is 219 g/mol. The minimum absolute atomic E-state index is 0.0000694. The normalized spacial score (nSPS) is 36.4. The van der Waals surface area contributed by atoms with Crippen LogP contribution in [0.25, 0.3) is 0 Å². The third kappa shape index (κ3) is 2.51. The molecule has 0 amide bonds. The highest BCUT2D eigenvalue weighted by Gasteiger charge is 2.58. The van der Waals surface area contributed by atoms with Gasteiger partial charge in [0.1, 0.15) is 5.54 Å². The second-order valence-corrected chi connectivity index (χ2v) is 4.69. The van der Waals surface area contributed by atoms with E-state index in [9.17, 15) is 13.2 Å². The maximum Gasteiger partial charge on any atom is 0.406 e. The van der Waals surface area contributed by atoms with Crippen molar-refractivity contribution in [3.05, 3.63) is 0 Å². The highest BCUT2D eigenvalue weighted by atomic mass is 19.4. The van der Waals surface area contributed by atoms with Crippen LogP contribution in [0.4, 0.5) is 13.2 Å². The van der Waals surface area contributed by atoms with Gasteiger partial charge in [0, 0.05) is 13.0 Å². The fourth-order valence-corrected chi connectivity index (χ4v) is 2.31. The summed E-state index contributed by atoms with van der Waals surface area (Å²) in [4.78, 5) is 0. The molecule has 1 saturated heterocycles. The van der Waals surface area contributed by atoms with Crippen molar-refractivity contribution in [2.75, 3.05) is 13.2 Å². The van der Waals surface area contributed by atoms with Crippen molar-refractivity contribution in [2.45, 2.75) is 57.3 Å². The summed E-state index contributed by atoms with van der Waals surface area (Å²) in [5.74, 6) is 0. The lowest BCUT2D eigenvalue weighted by atomic mass is 9.78. The monoisotopic (exact) mass is 239 g/mol. The Morgan fingerprint density at radius 3 is 2.38 bits per heavy atom. The fourth-order valence-electron chi connectivity index (χ4n) is 2.31. The van der Waals surface area contributed by atoms with E-state index in [1.165, 1.54) is 0 Å². The lowest BCUT2D eigenvalue weighted by molar-refractivity contribution is -0.239. The van der Waals surface area contributed by atoms with Gasteiger partial charge in [0.2, 0.25) is 0 Å². The Labute approximate surface area is 94.5 Å². The Morgan fingerprint density at radius 1 is 1.31 bits per heavy atom. The largest absolute Gasteiger partial charge is 0.406 e. The zero-order valence-corrected chi connectivity index (χ0v) is 10.1. The van der Waals surface area contributed by atoms with Gasteiger partial charge in [-0.25, -0.2) is 0 Å². The first kappa shape index (κ1) is 13.8. The van der Waals surface area contributed by atoms with Crippen LogP contribution < -0.4 is 5.32 Å². The molecule has 2 nitrogen and oxygen atoms in total. The number of rotatable bonds is 3. The molecule has 0 aliphatic carbocycles. The van der Waals surface area contributed by atoms with Crippen LogP contribution in [0.15, 0.2) is 0 Å². The lowest BCUT2D eigenvalue weighted by Gasteiger charge is -2.47. The van der Waals surface area contributed by atoms with E-state index in [1.807, 2.05) is 6.92 Å². The van der Waals surface area contributed by atoms with Crippen LogP contribution in [-0.4, -0.2) is 30.5 Å². The quantitative estimate of drug-likeness (QED) is 0.817. The number of hydrogen-bond acceptors (Lipinski definition) is 2.